The number of carbonyl (C=O) groups is 3. The van der Waals surface area contributed by atoms with E-state index in [-0.39, 0.29) is 30.5 Å². The molecule has 3 rings (SSSR count). The van der Waals surface area contributed by atoms with Gasteiger partial charge in [-0.05, 0) is 76.5 Å². The summed E-state index contributed by atoms with van der Waals surface area (Å²) in [6.45, 7) is 7.05. The zero-order valence-electron chi connectivity index (χ0n) is 21.5. The second-order valence-corrected chi connectivity index (χ2v) is 10.4. The highest BCUT2D eigenvalue weighted by Gasteiger charge is 2.27. The predicted octanol–water partition coefficient (Wildman–Crippen LogP) is 3.19. The van der Waals surface area contributed by atoms with Gasteiger partial charge in [-0.25, -0.2) is 9.59 Å². The van der Waals surface area contributed by atoms with Crippen molar-refractivity contribution in [2.24, 2.45) is 13.0 Å². The van der Waals surface area contributed by atoms with Gasteiger partial charge in [-0.1, -0.05) is 6.07 Å². The van der Waals surface area contributed by atoms with Crippen molar-refractivity contribution in [2.75, 3.05) is 20.1 Å². The Morgan fingerprint density at radius 3 is 2.49 bits per heavy atom. The molecule has 1 aromatic carbocycles. The fourth-order valence-electron chi connectivity index (χ4n) is 4.65. The normalized spacial score (nSPS) is 15.7. The Kier molecular flexibility index (Phi) is 8.40. The van der Waals surface area contributed by atoms with Crippen molar-refractivity contribution in [2.45, 2.75) is 70.9 Å². The summed E-state index contributed by atoms with van der Waals surface area (Å²) >= 11 is 0. The summed E-state index contributed by atoms with van der Waals surface area (Å²) in [7, 11) is 3.26. The second kappa shape index (κ2) is 11.1. The summed E-state index contributed by atoms with van der Waals surface area (Å²) in [5.74, 6) is 0.367. The number of hydrogen-bond acceptors (Lipinski definition) is 5. The smallest absolute Gasteiger partial charge is 0.410 e. The van der Waals surface area contributed by atoms with E-state index >= 15 is 0 Å². The molecule has 2 heterocycles. The average Bonchev–Trinajstić information content (AvgIpc) is 3.07. The molecule has 0 bridgehead atoms. The van der Waals surface area contributed by atoms with Crippen LogP contribution >= 0.6 is 0 Å². The molecule has 0 aliphatic carbocycles. The molecule has 1 atom stereocenters. The van der Waals surface area contributed by atoms with Gasteiger partial charge in [0.2, 0.25) is 5.91 Å². The molecule has 1 aromatic heterocycles. The Labute approximate surface area is 206 Å². The maximum atomic E-state index is 12.9. The SMILES string of the molecule is CNC(=O)CCC(C=O)n1c(=O)n(C)c2cc(CCC3CCN(C(=O)OC(C)(C)C)CC3)ccc21. The number of rotatable bonds is 8. The first-order valence-electron chi connectivity index (χ1n) is 12.4. The van der Waals surface area contributed by atoms with Crippen molar-refractivity contribution in [1.29, 1.82) is 0 Å². The molecule has 9 nitrogen and oxygen atoms in total. The van der Waals surface area contributed by atoms with Crippen molar-refractivity contribution in [3.05, 3.63) is 34.2 Å². The van der Waals surface area contributed by atoms with Crippen LogP contribution in [0.1, 0.15) is 64.5 Å². The lowest BCUT2D eigenvalue weighted by Crippen LogP contribution is -2.41. The molecule has 9 heteroatoms. The van der Waals surface area contributed by atoms with Crippen LogP contribution in [0.4, 0.5) is 4.79 Å². The summed E-state index contributed by atoms with van der Waals surface area (Å²) in [6, 6.07) is 5.23. The van der Waals surface area contributed by atoms with Crippen molar-refractivity contribution in [1.82, 2.24) is 19.4 Å². The number of hydrogen-bond donors (Lipinski definition) is 1. The molecule has 1 aliphatic heterocycles. The van der Waals surface area contributed by atoms with Gasteiger partial charge in [-0.15, -0.1) is 0 Å². The number of carbonyl (C=O) groups excluding carboxylic acids is 3. The Morgan fingerprint density at radius 2 is 1.89 bits per heavy atom. The highest BCUT2D eigenvalue weighted by atomic mass is 16.6. The number of ether oxygens (including phenoxy) is 1. The molecule has 1 aliphatic rings. The van der Waals surface area contributed by atoms with Crippen molar-refractivity contribution in [3.63, 3.8) is 0 Å². The number of aldehydes is 1. The van der Waals surface area contributed by atoms with Gasteiger partial charge in [-0.3, -0.25) is 13.9 Å². The number of nitrogens with one attached hydrogen (secondary N) is 1. The minimum Gasteiger partial charge on any atom is -0.444 e. The number of aromatic nitrogens is 2. The minimum atomic E-state index is -0.690. The maximum absolute atomic E-state index is 12.9. The summed E-state index contributed by atoms with van der Waals surface area (Å²) in [4.78, 5) is 50.4. The molecule has 1 fully saturated rings. The van der Waals surface area contributed by atoms with Crippen LogP contribution in [0.3, 0.4) is 0 Å². The van der Waals surface area contributed by atoms with E-state index in [4.69, 9.17) is 4.74 Å². The number of aryl methyl sites for hydroxylation is 2. The van der Waals surface area contributed by atoms with Crippen molar-refractivity contribution >= 4 is 29.3 Å². The highest BCUT2D eigenvalue weighted by Crippen LogP contribution is 2.26. The Balaban J connectivity index is 1.64. The highest BCUT2D eigenvalue weighted by molar-refractivity contribution is 5.79. The van der Waals surface area contributed by atoms with Gasteiger partial charge >= 0.3 is 11.8 Å². The largest absolute Gasteiger partial charge is 0.444 e. The van der Waals surface area contributed by atoms with Gasteiger partial charge in [-0.2, -0.15) is 0 Å². The van der Waals surface area contributed by atoms with Crippen LogP contribution in [0.15, 0.2) is 23.0 Å². The summed E-state index contributed by atoms with van der Waals surface area (Å²) < 4.78 is 8.53. The third kappa shape index (κ3) is 6.52. The number of imidazole rings is 1. The number of fused-ring (bicyclic) bond motifs is 1. The van der Waals surface area contributed by atoms with E-state index in [1.165, 1.54) is 4.57 Å². The monoisotopic (exact) mass is 486 g/mol. The second-order valence-electron chi connectivity index (χ2n) is 10.4. The van der Waals surface area contributed by atoms with E-state index in [0.29, 0.717) is 24.5 Å². The number of benzene rings is 1. The molecule has 35 heavy (non-hydrogen) atoms. The van der Waals surface area contributed by atoms with E-state index in [2.05, 4.69) is 5.32 Å². The van der Waals surface area contributed by atoms with Crippen LogP contribution in [-0.2, 0) is 27.8 Å². The third-order valence-electron chi connectivity index (χ3n) is 6.70. The van der Waals surface area contributed by atoms with Crippen LogP contribution in [0.25, 0.3) is 11.0 Å². The number of likely N-dealkylation sites (tertiary alicyclic amines) is 1. The van der Waals surface area contributed by atoms with Crippen LogP contribution in [-0.4, -0.2) is 58.1 Å². The molecule has 192 valence electrons. The summed E-state index contributed by atoms with van der Waals surface area (Å²) in [5, 5.41) is 2.55. The van der Waals surface area contributed by atoms with Gasteiger partial charge in [0.25, 0.3) is 0 Å². The van der Waals surface area contributed by atoms with Crippen LogP contribution in [0.5, 0.6) is 0 Å². The standard InChI is InChI=1S/C26H38N4O5/c1-26(2,3)35-25(34)29-14-12-18(13-15-29)6-7-19-8-10-21-22(16-19)28(5)24(33)30(21)20(17-31)9-11-23(32)27-4/h8,10,16-18,20H,6-7,9,11-15H2,1-5H3,(H,27,32). The van der Waals surface area contributed by atoms with E-state index in [0.717, 1.165) is 43.0 Å². The molecule has 1 unspecified atom stereocenters. The molecule has 2 amide bonds. The van der Waals surface area contributed by atoms with Gasteiger partial charge in [0, 0.05) is 33.6 Å². The topological polar surface area (TPSA) is 103 Å². The molecule has 0 spiro atoms. The summed E-state index contributed by atoms with van der Waals surface area (Å²) in [6.07, 6.45) is 4.72. The van der Waals surface area contributed by atoms with E-state index in [1.54, 1.807) is 23.6 Å². The van der Waals surface area contributed by atoms with Crippen molar-refractivity contribution < 1.29 is 19.1 Å². The fourth-order valence-corrected chi connectivity index (χ4v) is 4.65. The Morgan fingerprint density at radius 1 is 1.20 bits per heavy atom. The van der Waals surface area contributed by atoms with E-state index in [9.17, 15) is 19.2 Å². The van der Waals surface area contributed by atoms with Gasteiger partial charge < -0.3 is 19.7 Å². The van der Waals surface area contributed by atoms with E-state index in [1.807, 2.05) is 39.0 Å². The average molecular weight is 487 g/mol. The van der Waals surface area contributed by atoms with E-state index < -0.39 is 11.6 Å². The van der Waals surface area contributed by atoms with Crippen LogP contribution in [0.2, 0.25) is 0 Å². The quantitative estimate of drug-likeness (QED) is 0.578. The molecular formula is C26H38N4O5. The lowest BCUT2D eigenvalue weighted by Gasteiger charge is -2.33. The van der Waals surface area contributed by atoms with Crippen LogP contribution in [0, 0.1) is 5.92 Å². The molecular weight excluding hydrogens is 448 g/mol. The molecule has 0 radical (unpaired) electrons. The number of piperidine rings is 1. The maximum Gasteiger partial charge on any atom is 0.410 e. The first kappa shape index (κ1) is 26.5. The first-order valence-corrected chi connectivity index (χ1v) is 12.4. The number of amides is 2. The molecule has 1 N–H and O–H groups in total. The first-order chi connectivity index (χ1) is 16.5. The predicted molar refractivity (Wildman–Crippen MR) is 134 cm³/mol. The van der Waals surface area contributed by atoms with Gasteiger partial charge in [0.1, 0.15) is 11.9 Å². The Bertz CT molecular complexity index is 1120. The number of nitrogens with zero attached hydrogens (tertiary/aromatic N) is 3. The lowest BCUT2D eigenvalue weighted by atomic mass is 9.90. The van der Waals surface area contributed by atoms with Gasteiger partial charge in [0.05, 0.1) is 17.1 Å². The molecule has 2 aromatic rings. The van der Waals surface area contributed by atoms with Crippen molar-refractivity contribution in [3.8, 4) is 0 Å². The zero-order chi connectivity index (χ0) is 25.8. The summed E-state index contributed by atoms with van der Waals surface area (Å²) in [5.41, 5.74) is 1.86. The third-order valence-corrected chi connectivity index (χ3v) is 6.70. The fraction of sp³-hybridized carbons (Fsp3) is 0.615. The Hall–Kier alpha value is -3.10. The zero-order valence-corrected chi connectivity index (χ0v) is 21.5. The lowest BCUT2D eigenvalue weighted by molar-refractivity contribution is -0.121. The molecule has 1 saturated heterocycles. The minimum absolute atomic E-state index is 0.163. The van der Waals surface area contributed by atoms with Gasteiger partial charge in [0.15, 0.2) is 0 Å². The van der Waals surface area contributed by atoms with Crippen LogP contribution < -0.4 is 11.0 Å². The molecule has 0 saturated carbocycles.